The Morgan fingerprint density at radius 3 is 1.89 bits per heavy atom. The van der Waals surface area contributed by atoms with Crippen molar-refractivity contribution in [3.05, 3.63) is 95.6 Å². The first-order valence-corrected chi connectivity index (χ1v) is 11.5. The number of ether oxygens (including phenoxy) is 3. The summed E-state index contributed by atoms with van der Waals surface area (Å²) in [6.45, 7) is 3.83. The fraction of sp³-hybridized carbons (Fsp3) is 0.250. The van der Waals surface area contributed by atoms with E-state index >= 15 is 0 Å². The van der Waals surface area contributed by atoms with E-state index in [-0.39, 0.29) is 24.0 Å². The molecule has 0 aliphatic carbocycles. The third kappa shape index (κ3) is 7.52. The lowest BCUT2D eigenvalue weighted by Gasteiger charge is -2.17. The van der Waals surface area contributed by atoms with Gasteiger partial charge >= 0.3 is 17.9 Å². The molecule has 0 amide bonds. The molecule has 0 spiro atoms. The Kier molecular flexibility index (Phi) is 9.15. The normalized spacial score (nSPS) is 12.3. The van der Waals surface area contributed by atoms with Gasteiger partial charge in [-0.25, -0.2) is 9.59 Å². The molecule has 0 aromatic heterocycles. The van der Waals surface area contributed by atoms with Crippen molar-refractivity contribution in [1.82, 2.24) is 0 Å². The number of nitrogens with two attached hydrogens (primary N) is 1. The van der Waals surface area contributed by atoms with Crippen LogP contribution in [0.3, 0.4) is 0 Å². The number of carbonyl (C=O) groups excluding carboxylic acids is 3. The van der Waals surface area contributed by atoms with Crippen molar-refractivity contribution in [2.75, 3.05) is 0 Å². The van der Waals surface area contributed by atoms with Crippen LogP contribution in [0.2, 0.25) is 0 Å². The zero-order chi connectivity index (χ0) is 25.2. The summed E-state index contributed by atoms with van der Waals surface area (Å²) in [5.74, 6) is -1.61. The molecule has 3 rings (SSSR count). The summed E-state index contributed by atoms with van der Waals surface area (Å²) in [5.41, 5.74) is 7.37. The van der Waals surface area contributed by atoms with Gasteiger partial charge in [-0.3, -0.25) is 4.79 Å². The van der Waals surface area contributed by atoms with Crippen molar-refractivity contribution in [2.45, 2.75) is 45.3 Å². The molecule has 3 aromatic carbocycles. The molecule has 7 heteroatoms. The summed E-state index contributed by atoms with van der Waals surface area (Å²) >= 11 is 0. The van der Waals surface area contributed by atoms with Crippen LogP contribution in [-0.4, -0.2) is 30.1 Å². The Morgan fingerprint density at radius 1 is 0.800 bits per heavy atom. The highest BCUT2D eigenvalue weighted by Gasteiger charge is 2.21. The van der Waals surface area contributed by atoms with E-state index in [1.54, 1.807) is 66.7 Å². The zero-order valence-electron chi connectivity index (χ0n) is 19.8. The maximum absolute atomic E-state index is 12.7. The number of hydrogen-bond donors (Lipinski definition) is 1. The maximum atomic E-state index is 12.7. The van der Waals surface area contributed by atoms with Gasteiger partial charge in [0, 0.05) is 0 Å². The molecule has 182 valence electrons. The lowest BCUT2D eigenvalue weighted by Crippen LogP contribution is -2.36. The minimum atomic E-state index is -0.898. The van der Waals surface area contributed by atoms with Crippen molar-refractivity contribution < 1.29 is 28.6 Å². The Morgan fingerprint density at radius 2 is 1.34 bits per heavy atom. The Balaban J connectivity index is 1.81. The fourth-order valence-corrected chi connectivity index (χ4v) is 3.40. The van der Waals surface area contributed by atoms with Gasteiger partial charge < -0.3 is 19.9 Å². The van der Waals surface area contributed by atoms with Crippen LogP contribution in [0, 0.1) is 0 Å². The minimum Gasteiger partial charge on any atom is -0.462 e. The van der Waals surface area contributed by atoms with E-state index in [1.165, 1.54) is 12.1 Å². The summed E-state index contributed by atoms with van der Waals surface area (Å²) < 4.78 is 16.5. The van der Waals surface area contributed by atoms with Gasteiger partial charge in [-0.15, -0.1) is 0 Å². The number of benzene rings is 3. The number of hydrogen-bond acceptors (Lipinski definition) is 7. The first kappa shape index (κ1) is 25.6. The molecule has 0 radical (unpaired) electrons. The summed E-state index contributed by atoms with van der Waals surface area (Å²) in [5, 5.41) is 0. The second-order valence-corrected chi connectivity index (χ2v) is 8.14. The molecule has 7 nitrogen and oxygen atoms in total. The number of rotatable bonds is 10. The van der Waals surface area contributed by atoms with Crippen molar-refractivity contribution in [1.29, 1.82) is 0 Å². The van der Waals surface area contributed by atoms with Crippen molar-refractivity contribution >= 4 is 17.9 Å². The second-order valence-electron chi connectivity index (χ2n) is 8.14. The topological polar surface area (TPSA) is 105 Å². The van der Waals surface area contributed by atoms with Crippen LogP contribution in [0.15, 0.2) is 78.9 Å². The molecule has 35 heavy (non-hydrogen) atoms. The quantitative estimate of drug-likeness (QED) is 0.334. The molecule has 1 unspecified atom stereocenters. The van der Waals surface area contributed by atoms with Crippen molar-refractivity contribution in [3.8, 4) is 11.5 Å². The summed E-state index contributed by atoms with van der Waals surface area (Å²) in [6.07, 6.45) is 1.57. The highest BCUT2D eigenvalue weighted by atomic mass is 16.6. The van der Waals surface area contributed by atoms with Crippen LogP contribution in [-0.2, 0) is 16.0 Å². The minimum absolute atomic E-state index is 0.0422. The summed E-state index contributed by atoms with van der Waals surface area (Å²) in [6, 6.07) is 20.7. The standard InChI is InChI=1S/C28H29NO6/c1-3-10-19(2)33-28(32)23(29)17-20-15-16-24(34-26(30)21-11-6-4-7-12-21)25(18-20)35-27(31)22-13-8-5-9-14-22/h4-9,11-16,18-19,23H,3,10,17,29H2,1-2H3/t19?,23-/m0/s1. The zero-order valence-corrected chi connectivity index (χ0v) is 19.8. The van der Waals surface area contributed by atoms with Gasteiger partial charge in [0.25, 0.3) is 0 Å². The largest absolute Gasteiger partial charge is 0.462 e. The van der Waals surface area contributed by atoms with E-state index in [4.69, 9.17) is 19.9 Å². The Hall–Kier alpha value is -3.97. The van der Waals surface area contributed by atoms with E-state index in [2.05, 4.69) is 0 Å². The fourth-order valence-electron chi connectivity index (χ4n) is 3.40. The SMILES string of the molecule is CCCC(C)OC(=O)[C@@H](N)Cc1ccc(OC(=O)c2ccccc2)c(OC(=O)c2ccccc2)c1. The number of esters is 3. The number of carbonyl (C=O) groups is 3. The van der Waals surface area contributed by atoms with Gasteiger partial charge in [0.1, 0.15) is 6.04 Å². The summed E-state index contributed by atoms with van der Waals surface area (Å²) in [4.78, 5) is 37.6. The smallest absolute Gasteiger partial charge is 0.343 e. The molecule has 2 N–H and O–H groups in total. The van der Waals surface area contributed by atoms with Gasteiger partial charge in [0.05, 0.1) is 17.2 Å². The van der Waals surface area contributed by atoms with E-state index in [0.29, 0.717) is 16.7 Å². The van der Waals surface area contributed by atoms with Crippen LogP contribution < -0.4 is 15.2 Å². The lowest BCUT2D eigenvalue weighted by atomic mass is 10.1. The Bertz CT molecular complexity index is 1150. The van der Waals surface area contributed by atoms with Crippen LogP contribution in [0.4, 0.5) is 0 Å². The molecular weight excluding hydrogens is 446 g/mol. The second kappa shape index (κ2) is 12.5. The molecule has 0 aliphatic rings. The van der Waals surface area contributed by atoms with Crippen molar-refractivity contribution in [2.24, 2.45) is 5.73 Å². The summed E-state index contributed by atoms with van der Waals surface area (Å²) in [7, 11) is 0. The van der Waals surface area contributed by atoms with Crippen LogP contribution in [0.1, 0.15) is 53.0 Å². The van der Waals surface area contributed by atoms with Gasteiger partial charge in [-0.1, -0.05) is 55.8 Å². The average Bonchev–Trinajstić information content (AvgIpc) is 2.86. The van der Waals surface area contributed by atoms with Crippen molar-refractivity contribution in [3.63, 3.8) is 0 Å². The molecule has 2 atom stereocenters. The van der Waals surface area contributed by atoms with E-state index < -0.39 is 23.9 Å². The predicted octanol–water partition coefficient (Wildman–Crippen LogP) is 4.73. The predicted molar refractivity (Wildman–Crippen MR) is 131 cm³/mol. The van der Waals surface area contributed by atoms with Crippen LogP contribution in [0.5, 0.6) is 11.5 Å². The molecule has 0 heterocycles. The van der Waals surface area contributed by atoms with E-state index in [1.807, 2.05) is 13.8 Å². The molecule has 0 fully saturated rings. The first-order valence-electron chi connectivity index (χ1n) is 11.5. The molecule has 0 saturated carbocycles. The molecule has 0 saturated heterocycles. The van der Waals surface area contributed by atoms with Crippen LogP contribution in [0.25, 0.3) is 0 Å². The highest BCUT2D eigenvalue weighted by molar-refractivity contribution is 5.93. The van der Waals surface area contributed by atoms with Gasteiger partial charge in [0.2, 0.25) is 0 Å². The third-order valence-electron chi connectivity index (χ3n) is 5.20. The maximum Gasteiger partial charge on any atom is 0.343 e. The van der Waals surface area contributed by atoms with Gasteiger partial charge in [-0.2, -0.15) is 0 Å². The monoisotopic (exact) mass is 475 g/mol. The first-order chi connectivity index (χ1) is 16.9. The molecular formula is C28H29NO6. The van der Waals surface area contributed by atoms with Gasteiger partial charge in [0.15, 0.2) is 11.5 Å². The molecule has 0 aliphatic heterocycles. The average molecular weight is 476 g/mol. The lowest BCUT2D eigenvalue weighted by molar-refractivity contribution is -0.150. The highest BCUT2D eigenvalue weighted by Crippen LogP contribution is 2.30. The van der Waals surface area contributed by atoms with E-state index in [0.717, 1.165) is 12.8 Å². The van der Waals surface area contributed by atoms with Crippen LogP contribution >= 0.6 is 0 Å². The third-order valence-corrected chi connectivity index (χ3v) is 5.20. The molecule has 3 aromatic rings. The van der Waals surface area contributed by atoms with E-state index in [9.17, 15) is 14.4 Å². The van der Waals surface area contributed by atoms with Gasteiger partial charge in [-0.05, 0) is 61.7 Å². The Labute approximate surface area is 204 Å². The molecule has 0 bridgehead atoms.